The lowest BCUT2D eigenvalue weighted by atomic mass is 10.2. The molecule has 1 aromatic carbocycles. The standard InChI is InChI=1S/C12H8BrClN2/c13-7-9-2-1-3-10(6-9)16-11(8-15)4-5-12(16)14/h1-6H,7H2. The number of rotatable bonds is 2. The third kappa shape index (κ3) is 1.99. The van der Waals surface area contributed by atoms with Crippen LogP contribution in [0.4, 0.5) is 0 Å². The first-order chi connectivity index (χ1) is 7.76. The van der Waals surface area contributed by atoms with E-state index in [1.54, 1.807) is 16.7 Å². The minimum atomic E-state index is 0.539. The second-order valence-corrected chi connectivity index (χ2v) is 4.24. The van der Waals surface area contributed by atoms with Gasteiger partial charge in [0.15, 0.2) is 0 Å². The van der Waals surface area contributed by atoms with Gasteiger partial charge < -0.3 is 0 Å². The average Bonchev–Trinajstić information content (AvgIpc) is 2.70. The highest BCUT2D eigenvalue weighted by molar-refractivity contribution is 9.08. The molecule has 0 bridgehead atoms. The molecule has 0 aliphatic carbocycles. The Balaban J connectivity index is 2.58. The maximum absolute atomic E-state index is 8.98. The van der Waals surface area contributed by atoms with E-state index in [-0.39, 0.29) is 0 Å². The van der Waals surface area contributed by atoms with E-state index in [1.165, 1.54) is 0 Å². The van der Waals surface area contributed by atoms with Crippen LogP contribution in [0.25, 0.3) is 5.69 Å². The zero-order valence-corrected chi connectivity index (χ0v) is 10.7. The molecule has 16 heavy (non-hydrogen) atoms. The van der Waals surface area contributed by atoms with Crippen molar-refractivity contribution in [2.45, 2.75) is 5.33 Å². The fourth-order valence-corrected chi connectivity index (χ4v) is 2.14. The van der Waals surface area contributed by atoms with Crippen molar-refractivity contribution in [1.29, 1.82) is 5.26 Å². The largest absolute Gasteiger partial charge is 0.292 e. The molecule has 0 atom stereocenters. The minimum Gasteiger partial charge on any atom is -0.292 e. The second-order valence-electron chi connectivity index (χ2n) is 3.29. The Kier molecular flexibility index (Phi) is 3.33. The number of aromatic nitrogens is 1. The van der Waals surface area contributed by atoms with Crippen molar-refractivity contribution in [3.05, 3.63) is 52.8 Å². The van der Waals surface area contributed by atoms with Crippen LogP contribution in [0.15, 0.2) is 36.4 Å². The zero-order chi connectivity index (χ0) is 11.5. The Morgan fingerprint density at radius 3 is 2.81 bits per heavy atom. The maximum atomic E-state index is 8.98. The van der Waals surface area contributed by atoms with Crippen molar-refractivity contribution in [2.75, 3.05) is 0 Å². The van der Waals surface area contributed by atoms with Gasteiger partial charge in [0.05, 0.1) is 0 Å². The number of hydrogen-bond acceptors (Lipinski definition) is 1. The molecular weight excluding hydrogens is 288 g/mol. The monoisotopic (exact) mass is 294 g/mol. The summed E-state index contributed by atoms with van der Waals surface area (Å²) in [6.45, 7) is 0. The SMILES string of the molecule is N#Cc1ccc(Cl)n1-c1cccc(CBr)c1. The summed E-state index contributed by atoms with van der Waals surface area (Å²) in [5.74, 6) is 0. The van der Waals surface area contributed by atoms with Gasteiger partial charge in [-0.1, -0.05) is 39.7 Å². The van der Waals surface area contributed by atoms with Crippen molar-refractivity contribution in [2.24, 2.45) is 0 Å². The molecule has 2 aromatic rings. The molecule has 0 unspecified atom stereocenters. The van der Waals surface area contributed by atoms with E-state index in [4.69, 9.17) is 16.9 Å². The molecule has 0 aliphatic heterocycles. The molecule has 0 N–H and O–H groups in total. The van der Waals surface area contributed by atoms with E-state index >= 15 is 0 Å². The molecule has 0 radical (unpaired) electrons. The average molecular weight is 296 g/mol. The summed E-state index contributed by atoms with van der Waals surface area (Å²) in [5.41, 5.74) is 2.59. The quantitative estimate of drug-likeness (QED) is 0.773. The first-order valence-electron chi connectivity index (χ1n) is 4.69. The molecule has 0 saturated heterocycles. The fraction of sp³-hybridized carbons (Fsp3) is 0.0833. The highest BCUT2D eigenvalue weighted by atomic mass is 79.9. The van der Waals surface area contributed by atoms with E-state index in [9.17, 15) is 0 Å². The summed E-state index contributed by atoms with van der Waals surface area (Å²) in [4.78, 5) is 0. The van der Waals surface area contributed by atoms with Crippen LogP contribution in [0.5, 0.6) is 0 Å². The Labute approximate surface area is 107 Å². The van der Waals surface area contributed by atoms with Crippen LogP contribution in [-0.4, -0.2) is 4.57 Å². The van der Waals surface area contributed by atoms with Crippen LogP contribution >= 0.6 is 27.5 Å². The molecule has 0 amide bonds. The van der Waals surface area contributed by atoms with E-state index in [0.717, 1.165) is 16.6 Å². The molecular formula is C12H8BrClN2. The lowest BCUT2D eigenvalue weighted by Crippen LogP contribution is -1.97. The minimum absolute atomic E-state index is 0.539. The van der Waals surface area contributed by atoms with Crippen molar-refractivity contribution in [3.63, 3.8) is 0 Å². The Morgan fingerprint density at radius 2 is 2.12 bits per heavy atom. The first-order valence-corrected chi connectivity index (χ1v) is 6.19. The molecule has 4 heteroatoms. The summed E-state index contributed by atoms with van der Waals surface area (Å²) >= 11 is 9.46. The number of halogens is 2. The number of nitriles is 1. The molecule has 1 aromatic heterocycles. The van der Waals surface area contributed by atoms with Crippen LogP contribution in [-0.2, 0) is 5.33 Å². The fourth-order valence-electron chi connectivity index (χ4n) is 1.54. The van der Waals surface area contributed by atoms with Crippen LogP contribution in [0.2, 0.25) is 5.15 Å². The van der Waals surface area contributed by atoms with Gasteiger partial charge in [0, 0.05) is 11.0 Å². The van der Waals surface area contributed by atoms with Gasteiger partial charge in [-0.3, -0.25) is 4.57 Å². The van der Waals surface area contributed by atoms with Crippen LogP contribution in [0.3, 0.4) is 0 Å². The molecule has 2 rings (SSSR count). The zero-order valence-electron chi connectivity index (χ0n) is 8.32. The van der Waals surface area contributed by atoms with Gasteiger partial charge in [-0.05, 0) is 29.8 Å². The number of hydrogen-bond donors (Lipinski definition) is 0. The third-order valence-corrected chi connectivity index (χ3v) is 3.21. The number of alkyl halides is 1. The Bertz CT molecular complexity index is 554. The molecule has 2 nitrogen and oxygen atoms in total. The van der Waals surface area contributed by atoms with Crippen LogP contribution in [0, 0.1) is 11.3 Å². The van der Waals surface area contributed by atoms with Gasteiger partial charge >= 0.3 is 0 Å². The Morgan fingerprint density at radius 1 is 1.31 bits per heavy atom. The summed E-state index contributed by atoms with van der Waals surface area (Å²) in [7, 11) is 0. The molecule has 80 valence electrons. The summed E-state index contributed by atoms with van der Waals surface area (Å²) < 4.78 is 1.73. The van der Waals surface area contributed by atoms with Crippen LogP contribution < -0.4 is 0 Å². The maximum Gasteiger partial charge on any atom is 0.125 e. The smallest absolute Gasteiger partial charge is 0.125 e. The van der Waals surface area contributed by atoms with Crippen molar-refractivity contribution < 1.29 is 0 Å². The van der Waals surface area contributed by atoms with Crippen molar-refractivity contribution in [1.82, 2.24) is 4.57 Å². The lowest BCUT2D eigenvalue weighted by Gasteiger charge is -2.07. The summed E-state index contributed by atoms with van der Waals surface area (Å²) in [6, 6.07) is 13.4. The molecule has 1 heterocycles. The van der Waals surface area contributed by atoms with E-state index < -0.39 is 0 Å². The van der Waals surface area contributed by atoms with E-state index in [2.05, 4.69) is 22.0 Å². The molecule has 0 aliphatic rings. The van der Waals surface area contributed by atoms with Gasteiger partial charge in [0.25, 0.3) is 0 Å². The highest BCUT2D eigenvalue weighted by Gasteiger charge is 2.08. The van der Waals surface area contributed by atoms with Gasteiger partial charge in [-0.15, -0.1) is 0 Å². The van der Waals surface area contributed by atoms with Crippen molar-refractivity contribution in [3.8, 4) is 11.8 Å². The first kappa shape index (κ1) is 11.3. The van der Waals surface area contributed by atoms with Gasteiger partial charge in [-0.25, -0.2) is 0 Å². The predicted octanol–water partition coefficient (Wildman–Crippen LogP) is 3.90. The highest BCUT2D eigenvalue weighted by Crippen LogP contribution is 2.22. The van der Waals surface area contributed by atoms with Gasteiger partial charge in [0.1, 0.15) is 16.9 Å². The number of nitrogens with zero attached hydrogens (tertiary/aromatic N) is 2. The van der Waals surface area contributed by atoms with E-state index in [0.29, 0.717) is 10.8 Å². The molecule has 0 fully saturated rings. The Hall–Kier alpha value is -1.24. The topological polar surface area (TPSA) is 28.7 Å². The third-order valence-electron chi connectivity index (χ3n) is 2.27. The lowest BCUT2D eigenvalue weighted by molar-refractivity contribution is 1.05. The number of benzene rings is 1. The summed E-state index contributed by atoms with van der Waals surface area (Å²) in [6.07, 6.45) is 0. The molecule has 0 saturated carbocycles. The van der Waals surface area contributed by atoms with Crippen molar-refractivity contribution >= 4 is 27.5 Å². The van der Waals surface area contributed by atoms with Gasteiger partial charge in [-0.2, -0.15) is 5.26 Å². The van der Waals surface area contributed by atoms with Crippen LogP contribution in [0.1, 0.15) is 11.3 Å². The van der Waals surface area contributed by atoms with Gasteiger partial charge in [0.2, 0.25) is 0 Å². The predicted molar refractivity (Wildman–Crippen MR) is 68.1 cm³/mol. The molecule has 0 spiro atoms. The van der Waals surface area contributed by atoms with E-state index in [1.807, 2.05) is 24.3 Å². The summed E-state index contributed by atoms with van der Waals surface area (Å²) in [5, 5.41) is 10.3. The second kappa shape index (κ2) is 4.73. The normalized spacial score (nSPS) is 10.1.